The van der Waals surface area contributed by atoms with Crippen molar-refractivity contribution >= 4 is 0 Å². The van der Waals surface area contributed by atoms with Crippen LogP contribution >= 0.6 is 0 Å². The minimum absolute atomic E-state index is 0.439. The van der Waals surface area contributed by atoms with Gasteiger partial charge in [-0.15, -0.1) is 0 Å². The molecule has 0 saturated heterocycles. The maximum absolute atomic E-state index is 10.1. The maximum Gasteiger partial charge on any atom is 0.128 e. The lowest BCUT2D eigenvalue weighted by molar-refractivity contribution is 0.174. The molecular formula is C17H22N2O. The van der Waals surface area contributed by atoms with Gasteiger partial charge in [0.25, 0.3) is 0 Å². The Morgan fingerprint density at radius 2 is 1.80 bits per heavy atom. The van der Waals surface area contributed by atoms with E-state index in [4.69, 9.17) is 0 Å². The lowest BCUT2D eigenvalue weighted by Gasteiger charge is -2.13. The summed E-state index contributed by atoms with van der Waals surface area (Å²) in [7, 11) is 0. The van der Waals surface area contributed by atoms with E-state index in [1.807, 2.05) is 43.6 Å². The average Bonchev–Trinajstić information content (AvgIpc) is 2.52. The summed E-state index contributed by atoms with van der Waals surface area (Å²) in [5.74, 6) is 0.893. The van der Waals surface area contributed by atoms with Gasteiger partial charge in [0.2, 0.25) is 0 Å². The summed E-state index contributed by atoms with van der Waals surface area (Å²) in [6.45, 7) is 4.14. The van der Waals surface area contributed by atoms with E-state index in [0.29, 0.717) is 6.42 Å². The Morgan fingerprint density at radius 1 is 1.10 bits per heavy atom. The van der Waals surface area contributed by atoms with Gasteiger partial charge in [-0.25, -0.2) is 9.97 Å². The largest absolute Gasteiger partial charge is 0.388 e. The fraction of sp³-hybridized carbons (Fsp3) is 0.412. The van der Waals surface area contributed by atoms with Crippen molar-refractivity contribution in [2.75, 3.05) is 0 Å². The van der Waals surface area contributed by atoms with Crippen LogP contribution in [0.3, 0.4) is 0 Å². The third-order valence-electron chi connectivity index (χ3n) is 3.48. The number of aliphatic hydroxyl groups excluding tert-OH is 1. The summed E-state index contributed by atoms with van der Waals surface area (Å²) in [4.78, 5) is 8.85. The van der Waals surface area contributed by atoms with Crippen LogP contribution in [0.25, 0.3) is 11.1 Å². The van der Waals surface area contributed by atoms with E-state index in [1.54, 1.807) is 0 Å². The Labute approximate surface area is 120 Å². The van der Waals surface area contributed by atoms with Crippen LogP contribution < -0.4 is 0 Å². The Hall–Kier alpha value is -1.74. The lowest BCUT2D eigenvalue weighted by Crippen LogP contribution is -2.00. The number of unbranched alkanes of at least 4 members (excludes halogenated alkanes) is 1. The number of nitrogens with zero attached hydrogens (tertiary/aromatic N) is 2. The summed E-state index contributed by atoms with van der Waals surface area (Å²) in [5.41, 5.74) is 2.93. The van der Waals surface area contributed by atoms with Crippen molar-refractivity contribution in [2.45, 2.75) is 45.6 Å². The van der Waals surface area contributed by atoms with Crippen LogP contribution in [-0.4, -0.2) is 15.1 Å². The van der Waals surface area contributed by atoms with Crippen LogP contribution in [-0.2, 0) is 6.42 Å². The van der Waals surface area contributed by atoms with Gasteiger partial charge in [0.15, 0.2) is 0 Å². The molecule has 0 aliphatic heterocycles. The third-order valence-corrected chi connectivity index (χ3v) is 3.48. The standard InChI is InChI=1S/C17H22N2O/c1-3-5-10-17-18-11-13(12-19-17)14-8-6-7-9-15(14)16(20)4-2/h6-9,11-12,16,20H,3-5,10H2,1-2H3. The first-order chi connectivity index (χ1) is 9.76. The predicted molar refractivity (Wildman–Crippen MR) is 81.3 cm³/mol. The van der Waals surface area contributed by atoms with Crippen LogP contribution in [0.4, 0.5) is 0 Å². The molecule has 2 rings (SSSR count). The highest BCUT2D eigenvalue weighted by molar-refractivity contribution is 5.66. The molecule has 106 valence electrons. The number of aromatic nitrogens is 2. The van der Waals surface area contributed by atoms with Crippen molar-refractivity contribution in [3.8, 4) is 11.1 Å². The molecule has 1 unspecified atom stereocenters. The van der Waals surface area contributed by atoms with Crippen molar-refractivity contribution in [3.63, 3.8) is 0 Å². The molecule has 2 aromatic rings. The van der Waals surface area contributed by atoms with Crippen molar-refractivity contribution < 1.29 is 5.11 Å². The minimum atomic E-state index is -0.439. The molecule has 1 atom stereocenters. The van der Waals surface area contributed by atoms with Gasteiger partial charge in [-0.05, 0) is 24.0 Å². The third kappa shape index (κ3) is 3.42. The van der Waals surface area contributed by atoms with Crippen molar-refractivity contribution in [2.24, 2.45) is 0 Å². The van der Waals surface area contributed by atoms with E-state index in [-0.39, 0.29) is 0 Å². The number of rotatable bonds is 6. The van der Waals surface area contributed by atoms with Crippen molar-refractivity contribution in [1.29, 1.82) is 0 Å². The number of aliphatic hydroxyl groups is 1. The number of hydrogen-bond donors (Lipinski definition) is 1. The van der Waals surface area contributed by atoms with Crippen LogP contribution in [0.2, 0.25) is 0 Å². The molecule has 1 heterocycles. The Morgan fingerprint density at radius 3 is 2.45 bits per heavy atom. The molecule has 1 aromatic carbocycles. The van der Waals surface area contributed by atoms with E-state index in [1.165, 1.54) is 0 Å². The van der Waals surface area contributed by atoms with Crippen LogP contribution in [0.15, 0.2) is 36.7 Å². The maximum atomic E-state index is 10.1. The van der Waals surface area contributed by atoms with Gasteiger partial charge in [0.1, 0.15) is 5.82 Å². The zero-order valence-electron chi connectivity index (χ0n) is 12.2. The Balaban J connectivity index is 2.27. The van der Waals surface area contributed by atoms with Gasteiger partial charge < -0.3 is 5.11 Å². The first-order valence-corrected chi connectivity index (χ1v) is 7.34. The molecule has 0 bridgehead atoms. The zero-order valence-corrected chi connectivity index (χ0v) is 12.2. The summed E-state index contributed by atoms with van der Waals surface area (Å²) < 4.78 is 0. The first-order valence-electron chi connectivity index (χ1n) is 7.34. The second-order valence-electron chi connectivity index (χ2n) is 5.00. The van der Waals surface area contributed by atoms with Crippen molar-refractivity contribution in [1.82, 2.24) is 9.97 Å². The molecule has 1 N–H and O–H groups in total. The fourth-order valence-corrected chi connectivity index (χ4v) is 2.23. The van der Waals surface area contributed by atoms with Gasteiger partial charge in [0, 0.05) is 24.4 Å². The molecule has 0 fully saturated rings. The highest BCUT2D eigenvalue weighted by atomic mass is 16.3. The van der Waals surface area contributed by atoms with E-state index >= 15 is 0 Å². The molecule has 1 aromatic heterocycles. The smallest absolute Gasteiger partial charge is 0.128 e. The first kappa shape index (κ1) is 14.7. The topological polar surface area (TPSA) is 46.0 Å². The van der Waals surface area contributed by atoms with Gasteiger partial charge in [0.05, 0.1) is 6.10 Å². The predicted octanol–water partition coefficient (Wildman–Crippen LogP) is 3.93. The Kier molecular flexibility index (Phi) is 5.24. The molecule has 0 aliphatic rings. The SMILES string of the molecule is CCCCc1ncc(-c2ccccc2C(O)CC)cn1. The van der Waals surface area contributed by atoms with Crippen LogP contribution in [0.5, 0.6) is 0 Å². The molecule has 3 heteroatoms. The monoisotopic (exact) mass is 270 g/mol. The summed E-state index contributed by atoms with van der Waals surface area (Å²) in [5, 5.41) is 10.1. The van der Waals surface area contributed by atoms with Gasteiger partial charge in [-0.3, -0.25) is 0 Å². The second kappa shape index (κ2) is 7.15. The number of aryl methyl sites for hydroxylation is 1. The molecule has 20 heavy (non-hydrogen) atoms. The normalized spacial score (nSPS) is 12.3. The number of hydrogen-bond acceptors (Lipinski definition) is 3. The molecule has 0 saturated carbocycles. The summed E-state index contributed by atoms with van der Waals surface area (Å²) in [6, 6.07) is 7.91. The Bertz CT molecular complexity index is 537. The minimum Gasteiger partial charge on any atom is -0.388 e. The van der Waals surface area contributed by atoms with Gasteiger partial charge >= 0.3 is 0 Å². The van der Waals surface area contributed by atoms with E-state index < -0.39 is 6.10 Å². The average molecular weight is 270 g/mol. The molecular weight excluding hydrogens is 248 g/mol. The second-order valence-corrected chi connectivity index (χ2v) is 5.00. The fourth-order valence-electron chi connectivity index (χ4n) is 2.23. The summed E-state index contributed by atoms with van der Waals surface area (Å²) in [6.07, 6.45) is 7.17. The van der Waals surface area contributed by atoms with Crippen LogP contribution in [0, 0.1) is 0 Å². The van der Waals surface area contributed by atoms with E-state index in [0.717, 1.165) is 41.8 Å². The van der Waals surface area contributed by atoms with Crippen LogP contribution in [0.1, 0.15) is 50.6 Å². The quantitative estimate of drug-likeness (QED) is 0.865. The van der Waals surface area contributed by atoms with Crippen molar-refractivity contribution in [3.05, 3.63) is 48.0 Å². The lowest BCUT2D eigenvalue weighted by atomic mass is 9.97. The molecule has 0 radical (unpaired) electrons. The van der Waals surface area contributed by atoms with E-state index in [9.17, 15) is 5.11 Å². The zero-order chi connectivity index (χ0) is 14.4. The highest BCUT2D eigenvalue weighted by Crippen LogP contribution is 2.28. The molecule has 3 nitrogen and oxygen atoms in total. The summed E-state index contributed by atoms with van der Waals surface area (Å²) >= 11 is 0. The molecule has 0 aliphatic carbocycles. The highest BCUT2D eigenvalue weighted by Gasteiger charge is 2.12. The molecule has 0 amide bonds. The number of benzene rings is 1. The van der Waals surface area contributed by atoms with Gasteiger partial charge in [-0.2, -0.15) is 0 Å². The van der Waals surface area contributed by atoms with Gasteiger partial charge in [-0.1, -0.05) is 44.5 Å². The van der Waals surface area contributed by atoms with E-state index in [2.05, 4.69) is 16.9 Å². The molecule has 0 spiro atoms.